The summed E-state index contributed by atoms with van der Waals surface area (Å²) >= 11 is 5.99. The number of carbonyl (C=O) groups excluding carboxylic acids is 1. The minimum atomic E-state index is -0.521. The summed E-state index contributed by atoms with van der Waals surface area (Å²) in [7, 11) is 0. The third-order valence-electron chi connectivity index (χ3n) is 3.46. The standard InChI is InChI=1S/C13H15ClN2O3/c1-9-4-2-3-7-15(9)13(17)11-8-10(16(18)19)5-6-12(11)14/h5-6,8-9H,2-4,7H2,1H3. The van der Waals surface area contributed by atoms with Crippen LogP contribution in [0.5, 0.6) is 0 Å². The second kappa shape index (κ2) is 5.57. The van der Waals surface area contributed by atoms with Gasteiger partial charge in [0.15, 0.2) is 0 Å². The summed E-state index contributed by atoms with van der Waals surface area (Å²) in [6.45, 7) is 2.67. The predicted molar refractivity (Wildman–Crippen MR) is 72.5 cm³/mol. The number of nitrogens with zero attached hydrogens (tertiary/aromatic N) is 2. The van der Waals surface area contributed by atoms with E-state index in [0.29, 0.717) is 6.54 Å². The highest BCUT2D eigenvalue weighted by atomic mass is 35.5. The molecule has 19 heavy (non-hydrogen) atoms. The number of amides is 1. The number of rotatable bonds is 2. The van der Waals surface area contributed by atoms with Gasteiger partial charge in [0.2, 0.25) is 0 Å². The first-order valence-electron chi connectivity index (χ1n) is 6.25. The van der Waals surface area contributed by atoms with Gasteiger partial charge >= 0.3 is 0 Å². The van der Waals surface area contributed by atoms with Crippen molar-refractivity contribution in [3.05, 3.63) is 38.9 Å². The highest BCUT2D eigenvalue weighted by Crippen LogP contribution is 2.26. The Labute approximate surface area is 116 Å². The third kappa shape index (κ3) is 2.87. The third-order valence-corrected chi connectivity index (χ3v) is 3.78. The van der Waals surface area contributed by atoms with Crippen molar-refractivity contribution in [2.75, 3.05) is 6.54 Å². The number of carbonyl (C=O) groups is 1. The van der Waals surface area contributed by atoms with Crippen molar-refractivity contribution in [2.45, 2.75) is 32.2 Å². The van der Waals surface area contributed by atoms with E-state index < -0.39 is 4.92 Å². The van der Waals surface area contributed by atoms with Crippen LogP contribution in [-0.4, -0.2) is 28.3 Å². The number of halogens is 1. The summed E-state index contributed by atoms with van der Waals surface area (Å²) in [4.78, 5) is 24.4. The Morgan fingerprint density at radius 1 is 1.47 bits per heavy atom. The molecule has 2 rings (SSSR count). The first-order valence-corrected chi connectivity index (χ1v) is 6.63. The minimum Gasteiger partial charge on any atom is -0.336 e. The van der Waals surface area contributed by atoms with Gasteiger partial charge in [-0.1, -0.05) is 11.6 Å². The Bertz CT molecular complexity index is 519. The van der Waals surface area contributed by atoms with Crippen LogP contribution >= 0.6 is 11.6 Å². The molecule has 1 unspecified atom stereocenters. The fraction of sp³-hybridized carbons (Fsp3) is 0.462. The van der Waals surface area contributed by atoms with Gasteiger partial charge < -0.3 is 4.90 Å². The minimum absolute atomic E-state index is 0.114. The molecule has 1 aliphatic rings. The maximum absolute atomic E-state index is 12.4. The lowest BCUT2D eigenvalue weighted by Crippen LogP contribution is -2.42. The van der Waals surface area contributed by atoms with Gasteiger partial charge in [-0.05, 0) is 32.3 Å². The van der Waals surface area contributed by atoms with Gasteiger partial charge in [-0.2, -0.15) is 0 Å². The van der Waals surface area contributed by atoms with Crippen molar-refractivity contribution in [1.29, 1.82) is 0 Å². The highest BCUT2D eigenvalue weighted by Gasteiger charge is 2.26. The number of nitro benzene ring substituents is 1. The van der Waals surface area contributed by atoms with Gasteiger partial charge in [-0.25, -0.2) is 0 Å². The number of hydrogen-bond donors (Lipinski definition) is 0. The lowest BCUT2D eigenvalue weighted by atomic mass is 10.0. The van der Waals surface area contributed by atoms with E-state index in [0.717, 1.165) is 19.3 Å². The SMILES string of the molecule is CC1CCCCN1C(=O)c1cc([N+](=O)[O-])ccc1Cl. The molecule has 0 saturated carbocycles. The molecular weight excluding hydrogens is 268 g/mol. The van der Waals surface area contributed by atoms with Crippen molar-refractivity contribution in [3.8, 4) is 0 Å². The van der Waals surface area contributed by atoms with Gasteiger partial charge in [0.25, 0.3) is 11.6 Å². The quantitative estimate of drug-likeness (QED) is 0.618. The normalized spacial score (nSPS) is 19.3. The number of nitro groups is 1. The maximum atomic E-state index is 12.4. The Kier molecular flexibility index (Phi) is 4.04. The van der Waals surface area contributed by atoms with Gasteiger partial charge in [0, 0.05) is 24.7 Å². The number of hydrogen-bond acceptors (Lipinski definition) is 3. The van der Waals surface area contributed by atoms with Gasteiger partial charge in [-0.15, -0.1) is 0 Å². The molecule has 1 saturated heterocycles. The number of piperidine rings is 1. The summed E-state index contributed by atoms with van der Waals surface area (Å²) in [5.41, 5.74) is 0.0991. The zero-order valence-electron chi connectivity index (χ0n) is 10.6. The summed E-state index contributed by atoms with van der Waals surface area (Å²) in [6.07, 6.45) is 3.02. The monoisotopic (exact) mass is 282 g/mol. The van der Waals surface area contributed by atoms with Crippen LogP contribution in [0.4, 0.5) is 5.69 Å². The van der Waals surface area contributed by atoms with E-state index in [4.69, 9.17) is 11.6 Å². The molecule has 102 valence electrons. The Morgan fingerprint density at radius 2 is 2.21 bits per heavy atom. The highest BCUT2D eigenvalue weighted by molar-refractivity contribution is 6.33. The number of non-ortho nitro benzene ring substituents is 1. The van der Waals surface area contributed by atoms with Crippen LogP contribution in [0.1, 0.15) is 36.5 Å². The zero-order valence-corrected chi connectivity index (χ0v) is 11.4. The van der Waals surface area contributed by atoms with Crippen molar-refractivity contribution < 1.29 is 9.72 Å². The first-order chi connectivity index (χ1) is 9.00. The molecule has 0 bridgehead atoms. The fourth-order valence-corrected chi connectivity index (χ4v) is 2.54. The molecule has 0 aromatic heterocycles. The fourth-order valence-electron chi connectivity index (χ4n) is 2.35. The summed E-state index contributed by atoms with van der Waals surface area (Å²) in [5, 5.41) is 11.0. The second-order valence-corrected chi connectivity index (χ2v) is 5.17. The summed E-state index contributed by atoms with van der Waals surface area (Å²) in [6, 6.07) is 4.11. The van der Waals surface area contributed by atoms with E-state index in [-0.39, 0.29) is 28.2 Å². The van der Waals surface area contributed by atoms with E-state index in [9.17, 15) is 14.9 Å². The van der Waals surface area contributed by atoms with Crippen molar-refractivity contribution in [3.63, 3.8) is 0 Å². The molecule has 1 aromatic carbocycles. The van der Waals surface area contributed by atoms with Crippen LogP contribution in [0, 0.1) is 10.1 Å². The van der Waals surface area contributed by atoms with Crippen LogP contribution in [0.2, 0.25) is 5.02 Å². The molecule has 1 amide bonds. The van der Waals surface area contributed by atoms with Crippen molar-refractivity contribution in [2.24, 2.45) is 0 Å². The lowest BCUT2D eigenvalue weighted by Gasteiger charge is -2.33. The zero-order chi connectivity index (χ0) is 14.0. The second-order valence-electron chi connectivity index (χ2n) is 4.76. The van der Waals surface area contributed by atoms with Crippen molar-refractivity contribution in [1.82, 2.24) is 4.90 Å². The Hall–Kier alpha value is -1.62. The molecule has 0 radical (unpaired) electrons. The summed E-state index contributed by atoms with van der Waals surface area (Å²) < 4.78 is 0. The van der Waals surface area contributed by atoms with Gasteiger partial charge in [0.1, 0.15) is 0 Å². The molecular formula is C13H15ClN2O3. The van der Waals surface area contributed by atoms with Crippen LogP contribution in [-0.2, 0) is 0 Å². The van der Waals surface area contributed by atoms with Crippen molar-refractivity contribution >= 4 is 23.2 Å². The van der Waals surface area contributed by atoms with Crippen LogP contribution in [0.3, 0.4) is 0 Å². The van der Waals surface area contributed by atoms with Crippen LogP contribution in [0.15, 0.2) is 18.2 Å². The average Bonchev–Trinajstić information content (AvgIpc) is 2.38. The molecule has 0 aliphatic carbocycles. The summed E-state index contributed by atoms with van der Waals surface area (Å²) in [5.74, 6) is -0.221. The van der Waals surface area contributed by atoms with E-state index in [1.807, 2.05) is 6.92 Å². The smallest absolute Gasteiger partial charge is 0.270 e. The molecule has 5 nitrogen and oxygen atoms in total. The molecule has 1 heterocycles. The Morgan fingerprint density at radius 3 is 2.84 bits per heavy atom. The number of benzene rings is 1. The molecule has 1 aliphatic heterocycles. The maximum Gasteiger partial charge on any atom is 0.270 e. The topological polar surface area (TPSA) is 63.5 Å². The van der Waals surface area contributed by atoms with E-state index in [2.05, 4.69) is 0 Å². The van der Waals surface area contributed by atoms with Gasteiger partial charge in [-0.3, -0.25) is 14.9 Å². The predicted octanol–water partition coefficient (Wildman–Crippen LogP) is 3.26. The molecule has 0 spiro atoms. The molecule has 0 N–H and O–H groups in total. The molecule has 1 aromatic rings. The average molecular weight is 283 g/mol. The molecule has 1 fully saturated rings. The van der Waals surface area contributed by atoms with E-state index in [1.165, 1.54) is 18.2 Å². The molecule has 6 heteroatoms. The van der Waals surface area contributed by atoms with Crippen LogP contribution in [0.25, 0.3) is 0 Å². The Balaban J connectivity index is 2.32. The van der Waals surface area contributed by atoms with E-state index in [1.54, 1.807) is 4.90 Å². The van der Waals surface area contributed by atoms with Crippen LogP contribution < -0.4 is 0 Å². The lowest BCUT2D eigenvalue weighted by molar-refractivity contribution is -0.384. The van der Waals surface area contributed by atoms with E-state index >= 15 is 0 Å². The number of likely N-dealkylation sites (tertiary alicyclic amines) is 1. The first kappa shape index (κ1) is 13.8. The molecule has 1 atom stereocenters. The largest absolute Gasteiger partial charge is 0.336 e. The van der Waals surface area contributed by atoms with Gasteiger partial charge in [0.05, 0.1) is 15.5 Å².